The first kappa shape index (κ1) is 21.2. The lowest BCUT2D eigenvalue weighted by molar-refractivity contribution is 0.102. The number of fused-ring (bicyclic) bond motifs is 1. The van der Waals surface area contributed by atoms with Crippen molar-refractivity contribution in [1.29, 1.82) is 0 Å². The van der Waals surface area contributed by atoms with E-state index in [2.05, 4.69) is 5.32 Å². The zero-order chi connectivity index (χ0) is 22.3. The van der Waals surface area contributed by atoms with Crippen molar-refractivity contribution < 1.29 is 19.0 Å². The van der Waals surface area contributed by atoms with Crippen molar-refractivity contribution in [2.75, 3.05) is 19.0 Å². The second-order valence-electron chi connectivity index (χ2n) is 7.20. The number of hydrogen-bond acceptors (Lipinski definition) is 4. The van der Waals surface area contributed by atoms with Crippen LogP contribution in [0.15, 0.2) is 84.9 Å². The third kappa shape index (κ3) is 4.83. The topological polar surface area (TPSA) is 56.8 Å². The van der Waals surface area contributed by atoms with Crippen molar-refractivity contribution in [3.8, 4) is 17.2 Å². The number of rotatable bonds is 8. The van der Waals surface area contributed by atoms with Crippen molar-refractivity contribution in [1.82, 2.24) is 0 Å². The summed E-state index contributed by atoms with van der Waals surface area (Å²) in [5.74, 6) is 1.90. The van der Waals surface area contributed by atoms with Crippen molar-refractivity contribution >= 4 is 22.4 Å². The maximum atomic E-state index is 13.0. The molecule has 4 aromatic rings. The molecule has 0 aliphatic heterocycles. The molecule has 0 radical (unpaired) electrons. The van der Waals surface area contributed by atoms with Gasteiger partial charge in [-0.05, 0) is 48.7 Å². The molecular formula is C27H25NO4. The molecule has 0 unspecified atom stereocenters. The number of methoxy groups -OCH3 is 1. The summed E-state index contributed by atoms with van der Waals surface area (Å²) >= 11 is 0. The summed E-state index contributed by atoms with van der Waals surface area (Å²) in [6.45, 7) is 2.71. The number of benzene rings is 4. The van der Waals surface area contributed by atoms with Crippen LogP contribution in [0.1, 0.15) is 22.8 Å². The van der Waals surface area contributed by atoms with Crippen LogP contribution >= 0.6 is 0 Å². The van der Waals surface area contributed by atoms with Crippen molar-refractivity contribution in [2.45, 2.75) is 13.5 Å². The Kier molecular flexibility index (Phi) is 6.56. The number of nitrogens with one attached hydrogen (secondary N) is 1. The van der Waals surface area contributed by atoms with Gasteiger partial charge in [-0.1, -0.05) is 42.5 Å². The maximum Gasteiger partial charge on any atom is 0.255 e. The molecule has 0 bridgehead atoms. The van der Waals surface area contributed by atoms with E-state index in [-0.39, 0.29) is 12.5 Å². The number of hydrogen-bond donors (Lipinski definition) is 1. The first-order valence-electron chi connectivity index (χ1n) is 10.5. The van der Waals surface area contributed by atoms with Crippen LogP contribution < -0.4 is 19.5 Å². The van der Waals surface area contributed by atoms with E-state index in [9.17, 15) is 4.79 Å². The van der Waals surface area contributed by atoms with Gasteiger partial charge in [0.1, 0.15) is 23.9 Å². The molecule has 0 heterocycles. The van der Waals surface area contributed by atoms with Gasteiger partial charge >= 0.3 is 0 Å². The Bertz CT molecular complexity index is 1230. The summed E-state index contributed by atoms with van der Waals surface area (Å²) < 4.78 is 16.9. The Morgan fingerprint density at radius 3 is 2.47 bits per heavy atom. The minimum Gasteiger partial charge on any atom is -0.497 e. The van der Waals surface area contributed by atoms with Gasteiger partial charge in [0.15, 0.2) is 0 Å². The van der Waals surface area contributed by atoms with Gasteiger partial charge in [-0.3, -0.25) is 4.79 Å². The lowest BCUT2D eigenvalue weighted by atomic mass is 10.1. The molecule has 5 heteroatoms. The van der Waals surface area contributed by atoms with Crippen LogP contribution in [0.5, 0.6) is 17.2 Å². The summed E-state index contributed by atoms with van der Waals surface area (Å²) in [6.07, 6.45) is 0. The van der Waals surface area contributed by atoms with Gasteiger partial charge in [-0.2, -0.15) is 0 Å². The van der Waals surface area contributed by atoms with Gasteiger partial charge in [0.05, 0.1) is 13.7 Å². The highest BCUT2D eigenvalue weighted by Crippen LogP contribution is 2.27. The van der Waals surface area contributed by atoms with Crippen molar-refractivity contribution in [3.63, 3.8) is 0 Å². The summed E-state index contributed by atoms with van der Waals surface area (Å²) in [5.41, 5.74) is 2.10. The average molecular weight is 428 g/mol. The second kappa shape index (κ2) is 9.88. The third-order valence-corrected chi connectivity index (χ3v) is 5.10. The molecule has 0 aliphatic rings. The molecule has 0 aromatic heterocycles. The lowest BCUT2D eigenvalue weighted by Gasteiger charge is -2.14. The lowest BCUT2D eigenvalue weighted by Crippen LogP contribution is -2.13. The molecular weight excluding hydrogens is 402 g/mol. The Morgan fingerprint density at radius 2 is 1.62 bits per heavy atom. The average Bonchev–Trinajstić information content (AvgIpc) is 2.84. The molecule has 1 amide bonds. The molecule has 4 aromatic carbocycles. The monoisotopic (exact) mass is 427 g/mol. The molecule has 1 N–H and O–H groups in total. The Hall–Kier alpha value is -3.99. The molecule has 0 fully saturated rings. The van der Waals surface area contributed by atoms with Gasteiger partial charge in [0, 0.05) is 28.3 Å². The normalized spacial score (nSPS) is 10.6. The van der Waals surface area contributed by atoms with Gasteiger partial charge in [0.25, 0.3) is 5.91 Å². The summed E-state index contributed by atoms with van der Waals surface area (Å²) in [5, 5.41) is 5.10. The van der Waals surface area contributed by atoms with Crippen LogP contribution in [0.25, 0.3) is 10.8 Å². The molecule has 0 atom stereocenters. The van der Waals surface area contributed by atoms with E-state index in [0.29, 0.717) is 23.7 Å². The minimum absolute atomic E-state index is 0.188. The first-order chi connectivity index (χ1) is 15.7. The van der Waals surface area contributed by atoms with Gasteiger partial charge in [-0.15, -0.1) is 0 Å². The van der Waals surface area contributed by atoms with Gasteiger partial charge in [0.2, 0.25) is 0 Å². The van der Waals surface area contributed by atoms with Crippen LogP contribution in [-0.4, -0.2) is 19.6 Å². The Balaban J connectivity index is 1.56. The predicted molar refractivity (Wildman–Crippen MR) is 127 cm³/mol. The fourth-order valence-electron chi connectivity index (χ4n) is 3.51. The second-order valence-corrected chi connectivity index (χ2v) is 7.20. The fraction of sp³-hybridized carbons (Fsp3) is 0.148. The minimum atomic E-state index is -0.188. The molecule has 5 nitrogen and oxygen atoms in total. The Morgan fingerprint density at radius 1 is 0.844 bits per heavy atom. The highest BCUT2D eigenvalue weighted by molar-refractivity contribution is 6.09. The van der Waals surface area contributed by atoms with Crippen LogP contribution in [0.4, 0.5) is 5.69 Å². The van der Waals surface area contributed by atoms with E-state index in [4.69, 9.17) is 14.2 Å². The highest BCUT2D eigenvalue weighted by Gasteiger charge is 2.13. The van der Waals surface area contributed by atoms with Gasteiger partial charge in [-0.25, -0.2) is 0 Å². The molecule has 0 saturated heterocycles. The van der Waals surface area contributed by atoms with E-state index in [0.717, 1.165) is 27.8 Å². The highest BCUT2D eigenvalue weighted by atomic mass is 16.5. The van der Waals surface area contributed by atoms with Crippen LogP contribution in [0.2, 0.25) is 0 Å². The predicted octanol–water partition coefficient (Wildman–Crippen LogP) is 6.08. The summed E-state index contributed by atoms with van der Waals surface area (Å²) in [6, 6.07) is 26.6. The van der Waals surface area contributed by atoms with Crippen LogP contribution in [-0.2, 0) is 6.61 Å². The number of anilines is 1. The standard InChI is InChI=1S/C27H25NO4/c1-3-31-26-15-14-20(16-21(26)18-32-23-11-7-10-22(17-23)30-2)27(29)28-25-13-6-9-19-8-4-5-12-24(19)25/h4-17H,3,18H2,1-2H3,(H,28,29). The molecule has 162 valence electrons. The SMILES string of the molecule is CCOc1ccc(C(=O)Nc2cccc3ccccc23)cc1COc1cccc(OC)c1. The number of ether oxygens (including phenoxy) is 3. The summed E-state index contributed by atoms with van der Waals surface area (Å²) in [4.78, 5) is 13.0. The zero-order valence-corrected chi connectivity index (χ0v) is 18.1. The van der Waals surface area contributed by atoms with Crippen molar-refractivity contribution in [2.24, 2.45) is 0 Å². The molecule has 4 rings (SSSR count). The number of carbonyl (C=O) groups excluding carboxylic acids is 1. The van der Waals surface area contributed by atoms with E-state index < -0.39 is 0 Å². The summed E-state index contributed by atoms with van der Waals surface area (Å²) in [7, 11) is 1.62. The fourth-order valence-corrected chi connectivity index (χ4v) is 3.51. The quantitative estimate of drug-likeness (QED) is 0.370. The third-order valence-electron chi connectivity index (χ3n) is 5.10. The first-order valence-corrected chi connectivity index (χ1v) is 10.5. The zero-order valence-electron chi connectivity index (χ0n) is 18.1. The number of carbonyl (C=O) groups is 1. The van der Waals surface area contributed by atoms with E-state index >= 15 is 0 Å². The van der Waals surface area contributed by atoms with Crippen molar-refractivity contribution in [3.05, 3.63) is 96.1 Å². The Labute approximate surface area is 187 Å². The number of amides is 1. The molecule has 0 spiro atoms. The smallest absolute Gasteiger partial charge is 0.255 e. The van der Waals surface area contributed by atoms with Crippen LogP contribution in [0.3, 0.4) is 0 Å². The van der Waals surface area contributed by atoms with E-state index in [1.807, 2.05) is 85.8 Å². The molecule has 32 heavy (non-hydrogen) atoms. The molecule has 0 saturated carbocycles. The van der Waals surface area contributed by atoms with E-state index in [1.165, 1.54) is 0 Å². The maximum absolute atomic E-state index is 13.0. The van der Waals surface area contributed by atoms with Crippen LogP contribution in [0, 0.1) is 0 Å². The van der Waals surface area contributed by atoms with E-state index in [1.54, 1.807) is 13.2 Å². The van der Waals surface area contributed by atoms with Gasteiger partial charge < -0.3 is 19.5 Å². The largest absolute Gasteiger partial charge is 0.497 e. The molecule has 0 aliphatic carbocycles.